The number of phenols is 1. The van der Waals surface area contributed by atoms with Crippen LogP contribution in [0.1, 0.15) is 17.3 Å². The SMILES string of the molecule is CCOc1ccc(C(=O)Nc2cccc(Cl)c2O)cc1. The van der Waals surface area contributed by atoms with Crippen molar-refractivity contribution in [2.75, 3.05) is 11.9 Å². The number of ether oxygens (including phenoxy) is 1. The summed E-state index contributed by atoms with van der Waals surface area (Å²) in [6.45, 7) is 2.46. The quantitative estimate of drug-likeness (QED) is 0.845. The smallest absolute Gasteiger partial charge is 0.255 e. The van der Waals surface area contributed by atoms with E-state index in [1.165, 1.54) is 0 Å². The molecular formula is C15H14ClNO3. The number of carbonyl (C=O) groups is 1. The Kier molecular flexibility index (Phi) is 4.48. The van der Waals surface area contributed by atoms with Crippen LogP contribution in [0.5, 0.6) is 11.5 Å². The Bertz CT molecular complexity index is 611. The summed E-state index contributed by atoms with van der Waals surface area (Å²) >= 11 is 5.78. The molecule has 2 aromatic carbocycles. The first kappa shape index (κ1) is 14.2. The van der Waals surface area contributed by atoms with Gasteiger partial charge in [0.15, 0.2) is 5.75 Å². The van der Waals surface area contributed by atoms with Crippen molar-refractivity contribution in [1.82, 2.24) is 0 Å². The molecule has 0 unspecified atom stereocenters. The van der Waals surface area contributed by atoms with E-state index in [-0.39, 0.29) is 22.4 Å². The summed E-state index contributed by atoms with van der Waals surface area (Å²) in [7, 11) is 0. The van der Waals surface area contributed by atoms with Gasteiger partial charge < -0.3 is 15.2 Å². The number of halogens is 1. The van der Waals surface area contributed by atoms with Crippen LogP contribution in [-0.2, 0) is 0 Å². The molecule has 2 N–H and O–H groups in total. The van der Waals surface area contributed by atoms with Gasteiger partial charge in [-0.3, -0.25) is 4.79 Å². The van der Waals surface area contributed by atoms with Gasteiger partial charge in [0.2, 0.25) is 0 Å². The van der Waals surface area contributed by atoms with E-state index in [4.69, 9.17) is 16.3 Å². The zero-order valence-corrected chi connectivity index (χ0v) is 11.6. The van der Waals surface area contributed by atoms with Gasteiger partial charge in [-0.2, -0.15) is 0 Å². The molecule has 0 saturated heterocycles. The van der Waals surface area contributed by atoms with Crippen molar-refractivity contribution in [3.63, 3.8) is 0 Å². The van der Waals surface area contributed by atoms with Gasteiger partial charge in [-0.1, -0.05) is 17.7 Å². The molecule has 0 spiro atoms. The summed E-state index contributed by atoms with van der Waals surface area (Å²) in [4.78, 5) is 12.0. The van der Waals surface area contributed by atoms with Crippen molar-refractivity contribution in [1.29, 1.82) is 0 Å². The number of para-hydroxylation sites is 1. The highest BCUT2D eigenvalue weighted by Crippen LogP contribution is 2.31. The third-order valence-corrected chi connectivity index (χ3v) is 2.97. The van der Waals surface area contributed by atoms with E-state index in [1.54, 1.807) is 42.5 Å². The summed E-state index contributed by atoms with van der Waals surface area (Å²) in [6, 6.07) is 11.5. The van der Waals surface area contributed by atoms with Crippen LogP contribution in [-0.4, -0.2) is 17.6 Å². The fourth-order valence-electron chi connectivity index (χ4n) is 1.68. The maximum Gasteiger partial charge on any atom is 0.255 e. The van der Waals surface area contributed by atoms with Gasteiger partial charge in [0.1, 0.15) is 5.75 Å². The molecule has 0 aromatic heterocycles. The standard InChI is InChI=1S/C15H14ClNO3/c1-2-20-11-8-6-10(7-9-11)15(19)17-13-5-3-4-12(16)14(13)18/h3-9,18H,2H2,1H3,(H,17,19). The van der Waals surface area contributed by atoms with Gasteiger partial charge in [0.25, 0.3) is 5.91 Å². The molecule has 0 bridgehead atoms. The lowest BCUT2D eigenvalue weighted by molar-refractivity contribution is 0.102. The minimum absolute atomic E-state index is 0.145. The fraction of sp³-hybridized carbons (Fsp3) is 0.133. The molecule has 4 nitrogen and oxygen atoms in total. The summed E-state index contributed by atoms with van der Waals surface area (Å²) in [5, 5.41) is 12.5. The Morgan fingerprint density at radius 2 is 1.95 bits per heavy atom. The van der Waals surface area contributed by atoms with Crippen molar-refractivity contribution in [3.8, 4) is 11.5 Å². The van der Waals surface area contributed by atoms with Gasteiger partial charge >= 0.3 is 0 Å². The molecule has 1 amide bonds. The van der Waals surface area contributed by atoms with Crippen LogP contribution in [0.2, 0.25) is 5.02 Å². The van der Waals surface area contributed by atoms with Crippen molar-refractivity contribution in [3.05, 3.63) is 53.1 Å². The maximum absolute atomic E-state index is 12.0. The first-order valence-corrected chi connectivity index (χ1v) is 6.51. The normalized spacial score (nSPS) is 10.1. The second-order valence-electron chi connectivity index (χ2n) is 4.05. The second kappa shape index (κ2) is 6.30. The molecule has 0 fully saturated rings. The van der Waals surface area contributed by atoms with E-state index in [1.807, 2.05) is 6.92 Å². The Morgan fingerprint density at radius 1 is 1.25 bits per heavy atom. The minimum atomic E-state index is -0.328. The fourth-order valence-corrected chi connectivity index (χ4v) is 1.85. The lowest BCUT2D eigenvalue weighted by atomic mass is 10.2. The summed E-state index contributed by atoms with van der Waals surface area (Å²) in [6.07, 6.45) is 0. The molecule has 5 heteroatoms. The van der Waals surface area contributed by atoms with Crippen molar-refractivity contribution in [2.24, 2.45) is 0 Å². The number of hydrogen-bond acceptors (Lipinski definition) is 3. The van der Waals surface area contributed by atoms with Crippen molar-refractivity contribution in [2.45, 2.75) is 6.92 Å². The molecule has 2 rings (SSSR count). The lowest BCUT2D eigenvalue weighted by Crippen LogP contribution is -2.11. The van der Waals surface area contributed by atoms with Gasteiger partial charge in [0.05, 0.1) is 17.3 Å². The number of amides is 1. The molecule has 0 heterocycles. The van der Waals surface area contributed by atoms with Crippen LogP contribution in [0.4, 0.5) is 5.69 Å². The van der Waals surface area contributed by atoms with Crippen LogP contribution < -0.4 is 10.1 Å². The van der Waals surface area contributed by atoms with Crippen LogP contribution in [0.15, 0.2) is 42.5 Å². The monoisotopic (exact) mass is 291 g/mol. The molecular weight excluding hydrogens is 278 g/mol. The minimum Gasteiger partial charge on any atom is -0.504 e. The highest BCUT2D eigenvalue weighted by molar-refractivity contribution is 6.32. The van der Waals surface area contributed by atoms with Crippen LogP contribution in [0.25, 0.3) is 0 Å². The Hall–Kier alpha value is -2.20. The van der Waals surface area contributed by atoms with E-state index >= 15 is 0 Å². The molecule has 0 radical (unpaired) electrons. The molecule has 0 aliphatic carbocycles. The number of rotatable bonds is 4. The summed E-state index contributed by atoms with van der Waals surface area (Å²) < 4.78 is 5.30. The molecule has 2 aromatic rings. The van der Waals surface area contributed by atoms with Gasteiger partial charge in [-0.15, -0.1) is 0 Å². The topological polar surface area (TPSA) is 58.6 Å². The molecule has 0 aliphatic heterocycles. The molecule has 20 heavy (non-hydrogen) atoms. The number of aromatic hydroxyl groups is 1. The van der Waals surface area contributed by atoms with Gasteiger partial charge in [-0.05, 0) is 43.3 Å². The van der Waals surface area contributed by atoms with Crippen LogP contribution in [0.3, 0.4) is 0 Å². The number of anilines is 1. The molecule has 0 saturated carbocycles. The zero-order chi connectivity index (χ0) is 14.5. The van der Waals surface area contributed by atoms with E-state index in [9.17, 15) is 9.90 Å². The predicted molar refractivity (Wildman–Crippen MR) is 78.7 cm³/mol. The highest BCUT2D eigenvalue weighted by atomic mass is 35.5. The average Bonchev–Trinajstić information content (AvgIpc) is 2.45. The van der Waals surface area contributed by atoms with E-state index < -0.39 is 0 Å². The third-order valence-electron chi connectivity index (χ3n) is 2.66. The Labute approximate surface area is 122 Å². The Morgan fingerprint density at radius 3 is 2.60 bits per heavy atom. The zero-order valence-electron chi connectivity index (χ0n) is 10.9. The van der Waals surface area contributed by atoms with E-state index in [2.05, 4.69) is 5.32 Å². The number of carbonyl (C=O) groups excluding carboxylic acids is 1. The van der Waals surface area contributed by atoms with Crippen molar-refractivity contribution >= 4 is 23.2 Å². The second-order valence-corrected chi connectivity index (χ2v) is 4.45. The maximum atomic E-state index is 12.0. The van der Waals surface area contributed by atoms with Gasteiger partial charge in [-0.25, -0.2) is 0 Å². The van der Waals surface area contributed by atoms with Crippen molar-refractivity contribution < 1.29 is 14.6 Å². The first-order chi connectivity index (χ1) is 9.61. The summed E-state index contributed by atoms with van der Waals surface area (Å²) in [5.74, 6) is 0.230. The van der Waals surface area contributed by atoms with Crippen LogP contribution >= 0.6 is 11.6 Å². The molecule has 104 valence electrons. The van der Waals surface area contributed by atoms with E-state index in [0.717, 1.165) is 0 Å². The largest absolute Gasteiger partial charge is 0.504 e. The number of nitrogens with one attached hydrogen (secondary N) is 1. The predicted octanol–water partition coefficient (Wildman–Crippen LogP) is 3.70. The highest BCUT2D eigenvalue weighted by Gasteiger charge is 2.10. The first-order valence-electron chi connectivity index (χ1n) is 6.13. The summed E-state index contributed by atoms with van der Waals surface area (Å²) in [5.41, 5.74) is 0.740. The van der Waals surface area contributed by atoms with Gasteiger partial charge in [0, 0.05) is 5.56 Å². The Balaban J connectivity index is 2.13. The molecule has 0 aliphatic rings. The number of benzene rings is 2. The number of hydrogen-bond donors (Lipinski definition) is 2. The third kappa shape index (κ3) is 3.22. The number of phenolic OH excluding ortho intramolecular Hbond substituents is 1. The molecule has 0 atom stereocenters. The van der Waals surface area contributed by atoms with E-state index in [0.29, 0.717) is 17.9 Å². The van der Waals surface area contributed by atoms with Crippen LogP contribution in [0, 0.1) is 0 Å². The average molecular weight is 292 g/mol. The lowest BCUT2D eigenvalue weighted by Gasteiger charge is -2.09.